The molecule has 0 spiro atoms. The van der Waals surface area contributed by atoms with Crippen LogP contribution in [0.4, 0.5) is 5.69 Å². The van der Waals surface area contributed by atoms with E-state index in [1.165, 1.54) is 36.6 Å². The van der Waals surface area contributed by atoms with Gasteiger partial charge in [-0.15, -0.1) is 11.8 Å². The van der Waals surface area contributed by atoms with Crippen LogP contribution in [-0.4, -0.2) is 18.8 Å². The molecule has 88 valence electrons. The van der Waals surface area contributed by atoms with E-state index in [-0.39, 0.29) is 0 Å². The highest BCUT2D eigenvalue weighted by atomic mass is 79.9. The third kappa shape index (κ3) is 3.40. The molecule has 0 aromatic heterocycles. The third-order valence-electron chi connectivity index (χ3n) is 2.91. The summed E-state index contributed by atoms with van der Waals surface area (Å²) >= 11 is 5.32. The maximum atomic E-state index is 5.97. The van der Waals surface area contributed by atoms with Crippen molar-refractivity contribution in [2.45, 2.75) is 17.7 Å². The Bertz CT molecular complexity index is 351. The molecule has 2 rings (SSSR count). The van der Waals surface area contributed by atoms with Crippen LogP contribution in [0, 0.1) is 5.92 Å². The highest BCUT2D eigenvalue weighted by Crippen LogP contribution is 2.30. The number of rotatable bonds is 3. The Hall–Kier alpha value is -0.190. The summed E-state index contributed by atoms with van der Waals surface area (Å²) in [5.74, 6) is 2.03. The maximum absolute atomic E-state index is 5.97. The first kappa shape index (κ1) is 12.3. The summed E-state index contributed by atoms with van der Waals surface area (Å²) in [4.78, 5) is 1.21. The number of anilines is 1. The fourth-order valence-corrected chi connectivity index (χ4v) is 3.42. The van der Waals surface area contributed by atoms with E-state index in [0.29, 0.717) is 0 Å². The minimum atomic E-state index is 0.842. The van der Waals surface area contributed by atoms with Crippen LogP contribution in [0.1, 0.15) is 12.8 Å². The molecule has 1 aliphatic heterocycles. The second-order valence-electron chi connectivity index (χ2n) is 4.19. The smallest absolute Gasteiger partial charge is 0.0463 e. The predicted molar refractivity (Wildman–Crippen MR) is 74.9 cm³/mol. The number of halogens is 1. The average Bonchev–Trinajstić information content (AvgIpc) is 2.29. The van der Waals surface area contributed by atoms with E-state index in [1.807, 2.05) is 17.8 Å². The van der Waals surface area contributed by atoms with Crippen LogP contribution in [0.25, 0.3) is 0 Å². The van der Waals surface area contributed by atoms with Gasteiger partial charge in [-0.25, -0.2) is 0 Å². The van der Waals surface area contributed by atoms with Crippen LogP contribution in [-0.2, 0) is 0 Å². The molecule has 1 fully saturated rings. The van der Waals surface area contributed by atoms with Crippen molar-refractivity contribution in [3.05, 3.63) is 22.7 Å². The van der Waals surface area contributed by atoms with Gasteiger partial charge in [-0.1, -0.05) is 15.9 Å². The number of nitrogen functional groups attached to an aromatic ring is 1. The predicted octanol–water partition coefficient (Wildman–Crippen LogP) is 3.12. The molecule has 16 heavy (non-hydrogen) atoms. The van der Waals surface area contributed by atoms with E-state index in [1.54, 1.807) is 0 Å². The van der Waals surface area contributed by atoms with E-state index >= 15 is 0 Å². The van der Waals surface area contributed by atoms with Gasteiger partial charge in [0.15, 0.2) is 0 Å². The molecule has 1 saturated heterocycles. The minimum Gasteiger partial charge on any atom is -0.398 e. The number of nitrogens with two attached hydrogens (primary N) is 1. The van der Waals surface area contributed by atoms with Crippen molar-refractivity contribution in [2.24, 2.45) is 5.92 Å². The standard InChI is InChI=1S/C12H17BrN2S/c13-10-1-2-12(11(14)7-10)16-8-9-3-5-15-6-4-9/h1-2,7,9,15H,3-6,8,14H2. The molecule has 1 aromatic rings. The first-order valence-electron chi connectivity index (χ1n) is 5.64. The second kappa shape index (κ2) is 5.94. The number of nitrogens with one attached hydrogen (secondary N) is 1. The lowest BCUT2D eigenvalue weighted by atomic mass is 10.0. The molecule has 0 unspecified atom stereocenters. The molecule has 0 bridgehead atoms. The zero-order valence-electron chi connectivity index (χ0n) is 9.21. The molecular formula is C12H17BrN2S. The largest absolute Gasteiger partial charge is 0.398 e. The lowest BCUT2D eigenvalue weighted by molar-refractivity contribution is 0.408. The van der Waals surface area contributed by atoms with E-state index in [4.69, 9.17) is 5.73 Å². The van der Waals surface area contributed by atoms with E-state index in [0.717, 1.165) is 16.1 Å². The average molecular weight is 301 g/mol. The minimum absolute atomic E-state index is 0.842. The first-order chi connectivity index (χ1) is 7.75. The summed E-state index contributed by atoms with van der Waals surface area (Å²) in [5.41, 5.74) is 6.86. The normalized spacial score (nSPS) is 17.6. The van der Waals surface area contributed by atoms with Crippen molar-refractivity contribution in [1.82, 2.24) is 5.32 Å². The molecule has 3 N–H and O–H groups in total. The van der Waals surface area contributed by atoms with Crippen molar-refractivity contribution < 1.29 is 0 Å². The maximum Gasteiger partial charge on any atom is 0.0463 e. The van der Waals surface area contributed by atoms with Gasteiger partial charge in [-0.2, -0.15) is 0 Å². The third-order valence-corrected chi connectivity index (χ3v) is 4.72. The van der Waals surface area contributed by atoms with Gasteiger partial charge in [0.2, 0.25) is 0 Å². The quantitative estimate of drug-likeness (QED) is 0.665. The van der Waals surface area contributed by atoms with Crippen molar-refractivity contribution in [2.75, 3.05) is 24.6 Å². The zero-order chi connectivity index (χ0) is 11.4. The van der Waals surface area contributed by atoms with Crippen LogP contribution in [0.2, 0.25) is 0 Å². The Labute approximate surface area is 109 Å². The van der Waals surface area contributed by atoms with E-state index in [9.17, 15) is 0 Å². The molecular weight excluding hydrogens is 284 g/mol. The van der Waals surface area contributed by atoms with Crippen LogP contribution >= 0.6 is 27.7 Å². The highest BCUT2D eigenvalue weighted by molar-refractivity contribution is 9.10. The molecule has 1 heterocycles. The van der Waals surface area contributed by atoms with Crippen LogP contribution in [0.3, 0.4) is 0 Å². The van der Waals surface area contributed by atoms with Crippen molar-refractivity contribution >= 4 is 33.4 Å². The Balaban J connectivity index is 1.88. The summed E-state index contributed by atoms with van der Waals surface area (Å²) in [7, 11) is 0. The Morgan fingerprint density at radius 3 is 2.81 bits per heavy atom. The fraction of sp³-hybridized carbons (Fsp3) is 0.500. The van der Waals surface area contributed by atoms with Gasteiger partial charge in [-0.05, 0) is 50.0 Å². The summed E-state index contributed by atoms with van der Waals surface area (Å²) < 4.78 is 1.05. The first-order valence-corrected chi connectivity index (χ1v) is 7.42. The lowest BCUT2D eigenvalue weighted by Gasteiger charge is -2.22. The number of hydrogen-bond acceptors (Lipinski definition) is 3. The molecule has 1 aromatic carbocycles. The van der Waals surface area contributed by atoms with Gasteiger partial charge in [0, 0.05) is 20.8 Å². The molecule has 0 amide bonds. The molecule has 0 aliphatic carbocycles. The number of piperidine rings is 1. The fourth-order valence-electron chi connectivity index (χ4n) is 1.91. The Kier molecular flexibility index (Phi) is 4.55. The molecule has 0 saturated carbocycles. The molecule has 2 nitrogen and oxygen atoms in total. The second-order valence-corrected chi connectivity index (χ2v) is 6.16. The van der Waals surface area contributed by atoms with Gasteiger partial charge in [0.1, 0.15) is 0 Å². The van der Waals surface area contributed by atoms with Gasteiger partial charge in [0.05, 0.1) is 0 Å². The van der Waals surface area contributed by atoms with Gasteiger partial charge >= 0.3 is 0 Å². The summed E-state index contributed by atoms with van der Waals surface area (Å²) in [6.45, 7) is 2.34. The number of hydrogen-bond donors (Lipinski definition) is 2. The highest BCUT2D eigenvalue weighted by Gasteiger charge is 2.13. The zero-order valence-corrected chi connectivity index (χ0v) is 11.6. The van der Waals surface area contributed by atoms with Crippen molar-refractivity contribution in [3.8, 4) is 0 Å². The van der Waals surface area contributed by atoms with Gasteiger partial charge < -0.3 is 11.1 Å². The van der Waals surface area contributed by atoms with Crippen LogP contribution in [0.5, 0.6) is 0 Å². The molecule has 1 aliphatic rings. The van der Waals surface area contributed by atoms with Gasteiger partial charge in [0.25, 0.3) is 0 Å². The Morgan fingerprint density at radius 2 is 2.12 bits per heavy atom. The monoisotopic (exact) mass is 300 g/mol. The summed E-state index contributed by atoms with van der Waals surface area (Å²) in [6, 6.07) is 6.14. The molecule has 0 atom stereocenters. The topological polar surface area (TPSA) is 38.0 Å². The number of benzene rings is 1. The molecule has 4 heteroatoms. The van der Waals surface area contributed by atoms with E-state index < -0.39 is 0 Å². The SMILES string of the molecule is Nc1cc(Br)ccc1SCC1CCNCC1. The van der Waals surface area contributed by atoms with Gasteiger partial charge in [-0.3, -0.25) is 0 Å². The van der Waals surface area contributed by atoms with E-state index in [2.05, 4.69) is 33.4 Å². The lowest BCUT2D eigenvalue weighted by Crippen LogP contribution is -2.28. The van der Waals surface area contributed by atoms with Crippen molar-refractivity contribution in [1.29, 1.82) is 0 Å². The summed E-state index contributed by atoms with van der Waals surface area (Å²) in [5, 5.41) is 3.39. The van der Waals surface area contributed by atoms with Crippen LogP contribution < -0.4 is 11.1 Å². The van der Waals surface area contributed by atoms with Crippen LogP contribution in [0.15, 0.2) is 27.6 Å². The summed E-state index contributed by atoms with van der Waals surface area (Å²) in [6.07, 6.45) is 2.59. The van der Waals surface area contributed by atoms with Crippen molar-refractivity contribution in [3.63, 3.8) is 0 Å². The molecule has 0 radical (unpaired) electrons. The Morgan fingerprint density at radius 1 is 1.38 bits per heavy atom. The number of thioether (sulfide) groups is 1.